The molecule has 0 atom stereocenters. The molecule has 0 bridgehead atoms. The molecular weight excluding hydrogens is 464 g/mol. The van der Waals surface area contributed by atoms with Gasteiger partial charge in [-0.3, -0.25) is 9.78 Å². The lowest BCUT2D eigenvalue weighted by atomic mass is 10.1. The summed E-state index contributed by atoms with van der Waals surface area (Å²) in [5.41, 5.74) is 1.57. The standard InChI is InChI=1S/C23H23BrN2O5/c1-15-20(12-16-4-7-19(29-3)13-21(16)25-15)23(28)31-14-22(27)26(2)10-11-30-18-8-5-17(24)6-9-18/h4-9,12-13H,10-11,14H2,1-3H3. The molecule has 1 amide bonds. The molecule has 3 aromatic rings. The largest absolute Gasteiger partial charge is 0.497 e. The van der Waals surface area contributed by atoms with Gasteiger partial charge >= 0.3 is 5.97 Å². The molecule has 0 unspecified atom stereocenters. The van der Waals surface area contributed by atoms with Crippen LogP contribution in [0.4, 0.5) is 0 Å². The van der Waals surface area contributed by atoms with E-state index in [0.717, 1.165) is 15.4 Å². The fourth-order valence-electron chi connectivity index (χ4n) is 2.85. The van der Waals surface area contributed by atoms with Crippen LogP contribution in [-0.2, 0) is 9.53 Å². The minimum Gasteiger partial charge on any atom is -0.497 e. The molecule has 0 aliphatic carbocycles. The summed E-state index contributed by atoms with van der Waals surface area (Å²) in [7, 11) is 3.22. The van der Waals surface area contributed by atoms with Crippen molar-refractivity contribution in [1.29, 1.82) is 0 Å². The highest BCUT2D eigenvalue weighted by molar-refractivity contribution is 9.10. The first-order valence-corrected chi connectivity index (χ1v) is 10.4. The topological polar surface area (TPSA) is 78.0 Å². The van der Waals surface area contributed by atoms with Crippen molar-refractivity contribution in [3.63, 3.8) is 0 Å². The van der Waals surface area contributed by atoms with Crippen LogP contribution in [0.1, 0.15) is 16.1 Å². The van der Waals surface area contributed by atoms with Gasteiger partial charge in [0.15, 0.2) is 6.61 Å². The van der Waals surface area contributed by atoms with Gasteiger partial charge in [-0.05, 0) is 49.4 Å². The van der Waals surface area contributed by atoms with E-state index in [1.807, 2.05) is 30.3 Å². The monoisotopic (exact) mass is 486 g/mol. The molecule has 1 aromatic heterocycles. The number of likely N-dealkylation sites (N-methyl/N-ethyl adjacent to an activating group) is 1. The number of fused-ring (bicyclic) bond motifs is 1. The molecule has 7 nitrogen and oxygen atoms in total. The summed E-state index contributed by atoms with van der Waals surface area (Å²) in [6.07, 6.45) is 0. The Morgan fingerprint density at radius 1 is 1.06 bits per heavy atom. The summed E-state index contributed by atoms with van der Waals surface area (Å²) in [5, 5.41) is 0.784. The third kappa shape index (κ3) is 5.95. The van der Waals surface area contributed by atoms with E-state index in [2.05, 4.69) is 20.9 Å². The van der Waals surface area contributed by atoms with Gasteiger partial charge in [0.05, 0.1) is 30.4 Å². The van der Waals surface area contributed by atoms with Crippen LogP contribution in [-0.4, -0.2) is 55.7 Å². The van der Waals surface area contributed by atoms with Gasteiger partial charge in [-0.2, -0.15) is 0 Å². The van der Waals surface area contributed by atoms with Crippen molar-refractivity contribution in [2.75, 3.05) is 33.9 Å². The second kappa shape index (κ2) is 10.3. The number of esters is 1. The van der Waals surface area contributed by atoms with Gasteiger partial charge in [-0.15, -0.1) is 0 Å². The van der Waals surface area contributed by atoms with E-state index in [0.29, 0.717) is 35.9 Å². The Balaban J connectivity index is 1.52. The van der Waals surface area contributed by atoms with Crippen molar-refractivity contribution in [2.24, 2.45) is 0 Å². The molecule has 31 heavy (non-hydrogen) atoms. The minimum absolute atomic E-state index is 0.316. The lowest BCUT2D eigenvalue weighted by molar-refractivity contribution is -0.133. The maximum atomic E-state index is 12.5. The summed E-state index contributed by atoms with van der Waals surface area (Å²) in [4.78, 5) is 30.7. The average Bonchev–Trinajstić information content (AvgIpc) is 2.77. The van der Waals surface area contributed by atoms with E-state index in [-0.39, 0.29) is 12.5 Å². The number of amides is 1. The molecular formula is C23H23BrN2O5. The lowest BCUT2D eigenvalue weighted by Crippen LogP contribution is -2.34. The number of ether oxygens (including phenoxy) is 3. The first kappa shape index (κ1) is 22.6. The smallest absolute Gasteiger partial charge is 0.340 e. The fourth-order valence-corrected chi connectivity index (χ4v) is 3.11. The van der Waals surface area contributed by atoms with Gasteiger partial charge in [-0.1, -0.05) is 15.9 Å². The molecule has 2 aromatic carbocycles. The molecule has 3 rings (SSSR count). The number of halogens is 1. The predicted molar refractivity (Wildman–Crippen MR) is 121 cm³/mol. The number of aromatic nitrogens is 1. The van der Waals surface area contributed by atoms with Gasteiger partial charge < -0.3 is 19.1 Å². The number of aryl methyl sites for hydroxylation is 1. The molecule has 0 N–H and O–H groups in total. The third-order valence-electron chi connectivity index (χ3n) is 4.70. The van der Waals surface area contributed by atoms with Crippen LogP contribution >= 0.6 is 15.9 Å². The molecule has 8 heteroatoms. The van der Waals surface area contributed by atoms with E-state index in [1.54, 1.807) is 39.3 Å². The van der Waals surface area contributed by atoms with Crippen LogP contribution in [0.3, 0.4) is 0 Å². The third-order valence-corrected chi connectivity index (χ3v) is 5.23. The number of carbonyl (C=O) groups excluding carboxylic acids is 2. The van der Waals surface area contributed by atoms with Gasteiger partial charge in [0, 0.05) is 23.0 Å². The minimum atomic E-state index is -0.587. The Labute approximate surface area is 189 Å². The van der Waals surface area contributed by atoms with Gasteiger partial charge in [-0.25, -0.2) is 4.79 Å². The zero-order valence-corrected chi connectivity index (χ0v) is 19.1. The summed E-state index contributed by atoms with van der Waals surface area (Å²) in [5.74, 6) is 0.499. The molecule has 162 valence electrons. The van der Waals surface area contributed by atoms with Crippen LogP contribution in [0.2, 0.25) is 0 Å². The van der Waals surface area contributed by atoms with Crippen molar-refractivity contribution in [1.82, 2.24) is 9.88 Å². The molecule has 0 aliphatic rings. The number of benzene rings is 2. The van der Waals surface area contributed by atoms with E-state index < -0.39 is 5.97 Å². The van der Waals surface area contributed by atoms with Crippen LogP contribution in [0.5, 0.6) is 11.5 Å². The Bertz CT molecular complexity index is 1090. The first-order chi connectivity index (χ1) is 14.9. The first-order valence-electron chi connectivity index (χ1n) is 9.62. The predicted octanol–water partition coefficient (Wildman–Crippen LogP) is 4.01. The molecule has 0 saturated heterocycles. The number of rotatable bonds is 8. The van der Waals surface area contributed by atoms with Crippen LogP contribution in [0, 0.1) is 6.92 Å². The normalized spacial score (nSPS) is 10.6. The van der Waals surface area contributed by atoms with Gasteiger partial charge in [0.2, 0.25) is 0 Å². The highest BCUT2D eigenvalue weighted by Crippen LogP contribution is 2.22. The Hall–Kier alpha value is -3.13. The maximum Gasteiger partial charge on any atom is 0.340 e. The van der Waals surface area contributed by atoms with E-state index in [9.17, 15) is 9.59 Å². The highest BCUT2D eigenvalue weighted by Gasteiger charge is 2.17. The number of carbonyl (C=O) groups is 2. The number of pyridine rings is 1. The summed E-state index contributed by atoms with van der Waals surface area (Å²) < 4.78 is 17.0. The summed E-state index contributed by atoms with van der Waals surface area (Å²) >= 11 is 3.36. The van der Waals surface area contributed by atoms with Crippen molar-refractivity contribution in [3.05, 3.63) is 64.3 Å². The Morgan fingerprint density at radius 2 is 1.77 bits per heavy atom. The van der Waals surface area contributed by atoms with E-state index in [1.165, 1.54) is 4.90 Å². The zero-order chi connectivity index (χ0) is 22.4. The van der Waals surface area contributed by atoms with Crippen molar-refractivity contribution in [2.45, 2.75) is 6.92 Å². The summed E-state index contributed by atoms with van der Waals surface area (Å²) in [6, 6.07) is 14.6. The number of hydrogen-bond donors (Lipinski definition) is 0. The Kier molecular flexibility index (Phi) is 7.46. The highest BCUT2D eigenvalue weighted by atomic mass is 79.9. The fraction of sp³-hybridized carbons (Fsp3) is 0.261. The lowest BCUT2D eigenvalue weighted by Gasteiger charge is -2.17. The quantitative estimate of drug-likeness (QED) is 0.447. The average molecular weight is 487 g/mol. The molecule has 0 radical (unpaired) electrons. The van der Waals surface area contributed by atoms with Crippen LogP contribution < -0.4 is 9.47 Å². The number of methoxy groups -OCH3 is 1. The molecule has 0 aliphatic heterocycles. The zero-order valence-electron chi connectivity index (χ0n) is 17.6. The summed E-state index contributed by atoms with van der Waals surface area (Å²) in [6.45, 7) is 2.07. The maximum absolute atomic E-state index is 12.5. The van der Waals surface area contributed by atoms with E-state index >= 15 is 0 Å². The number of hydrogen-bond acceptors (Lipinski definition) is 6. The molecule has 1 heterocycles. The SMILES string of the molecule is COc1ccc2cc(C(=O)OCC(=O)N(C)CCOc3ccc(Br)cc3)c(C)nc2c1. The van der Waals surface area contributed by atoms with Crippen LogP contribution in [0.25, 0.3) is 10.9 Å². The van der Waals surface area contributed by atoms with Crippen molar-refractivity contribution >= 4 is 38.7 Å². The second-order valence-electron chi connectivity index (χ2n) is 6.87. The molecule has 0 spiro atoms. The van der Waals surface area contributed by atoms with Gasteiger partial charge in [0.25, 0.3) is 5.91 Å². The van der Waals surface area contributed by atoms with Crippen molar-refractivity contribution in [3.8, 4) is 11.5 Å². The van der Waals surface area contributed by atoms with Gasteiger partial charge in [0.1, 0.15) is 18.1 Å². The second-order valence-corrected chi connectivity index (χ2v) is 7.79. The molecule has 0 saturated carbocycles. The molecule has 0 fully saturated rings. The Morgan fingerprint density at radius 3 is 2.48 bits per heavy atom. The van der Waals surface area contributed by atoms with Crippen molar-refractivity contribution < 1.29 is 23.8 Å². The number of nitrogens with zero attached hydrogens (tertiary/aromatic N) is 2. The van der Waals surface area contributed by atoms with E-state index in [4.69, 9.17) is 14.2 Å². The van der Waals surface area contributed by atoms with Crippen LogP contribution in [0.15, 0.2) is 53.0 Å².